The molecule has 2 amide bonds. The molecule has 3 heterocycles. The van der Waals surface area contributed by atoms with Gasteiger partial charge < -0.3 is 16.0 Å². The van der Waals surface area contributed by atoms with E-state index in [1.807, 2.05) is 6.07 Å². The number of likely N-dealkylation sites (tertiary alicyclic amines) is 1. The predicted octanol–water partition coefficient (Wildman–Crippen LogP) is 3.62. The molecule has 0 aliphatic carbocycles. The number of fused-ring (bicyclic) bond motifs is 1. The van der Waals surface area contributed by atoms with Crippen molar-refractivity contribution < 1.29 is 22.4 Å². The van der Waals surface area contributed by atoms with Crippen molar-refractivity contribution in [2.75, 3.05) is 18.4 Å². The van der Waals surface area contributed by atoms with Gasteiger partial charge in [0, 0.05) is 35.8 Å². The molecule has 164 valence electrons. The van der Waals surface area contributed by atoms with Gasteiger partial charge in [0.1, 0.15) is 17.6 Å². The van der Waals surface area contributed by atoms with Crippen molar-refractivity contribution in [1.82, 2.24) is 14.9 Å². The number of amides is 2. The van der Waals surface area contributed by atoms with E-state index in [2.05, 4.69) is 15.3 Å². The lowest BCUT2D eigenvalue weighted by atomic mass is 9.85. The summed E-state index contributed by atoms with van der Waals surface area (Å²) in [6, 6.07) is 8.74. The molecule has 0 saturated carbocycles. The number of carbonyl (C=O) groups is 1. The number of halogens is 4. The zero-order valence-corrected chi connectivity index (χ0v) is 16.4. The van der Waals surface area contributed by atoms with Crippen LogP contribution in [-0.4, -0.2) is 40.0 Å². The number of carbonyl (C=O) groups excluding carboxylic acids is 1. The Morgan fingerprint density at radius 1 is 1.31 bits per heavy atom. The Kier molecular flexibility index (Phi) is 5.30. The number of pyridine rings is 2. The first kappa shape index (κ1) is 21.3. The minimum atomic E-state index is -4.72. The SMILES string of the molecule is N#Cc1cccc2c(NCC3C(c4ccc(F)cn4)CN3C(N)=O)cc(C(F)(F)F)nc12. The molecule has 7 nitrogen and oxygen atoms in total. The maximum atomic E-state index is 13.4. The summed E-state index contributed by atoms with van der Waals surface area (Å²) in [4.78, 5) is 20.8. The van der Waals surface area contributed by atoms with Crippen LogP contribution in [0.25, 0.3) is 10.9 Å². The number of nitrogens with one attached hydrogen (secondary N) is 1. The van der Waals surface area contributed by atoms with E-state index < -0.39 is 29.8 Å². The minimum absolute atomic E-state index is 0.00689. The van der Waals surface area contributed by atoms with Gasteiger partial charge in [0.2, 0.25) is 0 Å². The maximum absolute atomic E-state index is 13.4. The summed E-state index contributed by atoms with van der Waals surface area (Å²) in [5.41, 5.74) is 4.85. The number of hydrogen-bond donors (Lipinski definition) is 2. The number of benzene rings is 1. The summed E-state index contributed by atoms with van der Waals surface area (Å²) < 4.78 is 53.4. The molecule has 0 spiro atoms. The Bertz CT molecular complexity index is 1220. The van der Waals surface area contributed by atoms with Gasteiger partial charge in [-0.05, 0) is 24.3 Å². The van der Waals surface area contributed by atoms with Gasteiger partial charge in [-0.3, -0.25) is 4.98 Å². The molecule has 2 unspecified atom stereocenters. The van der Waals surface area contributed by atoms with Crippen LogP contribution < -0.4 is 11.1 Å². The van der Waals surface area contributed by atoms with Gasteiger partial charge in [-0.15, -0.1) is 0 Å². The van der Waals surface area contributed by atoms with Crippen molar-refractivity contribution in [3.8, 4) is 6.07 Å². The van der Waals surface area contributed by atoms with Gasteiger partial charge in [-0.25, -0.2) is 14.2 Å². The second-order valence-corrected chi connectivity index (χ2v) is 7.31. The first-order chi connectivity index (χ1) is 15.2. The van der Waals surface area contributed by atoms with E-state index in [9.17, 15) is 27.6 Å². The lowest BCUT2D eigenvalue weighted by molar-refractivity contribution is -0.140. The largest absolute Gasteiger partial charge is 0.433 e. The molecule has 2 aromatic heterocycles. The van der Waals surface area contributed by atoms with Crippen LogP contribution in [0.5, 0.6) is 0 Å². The van der Waals surface area contributed by atoms with Gasteiger partial charge in [0.05, 0.1) is 23.3 Å². The minimum Gasteiger partial charge on any atom is -0.382 e. The predicted molar refractivity (Wildman–Crippen MR) is 107 cm³/mol. The smallest absolute Gasteiger partial charge is 0.382 e. The third-order valence-corrected chi connectivity index (χ3v) is 5.42. The zero-order valence-electron chi connectivity index (χ0n) is 16.4. The normalized spacial score (nSPS) is 18.2. The molecule has 0 radical (unpaired) electrons. The van der Waals surface area contributed by atoms with Crippen molar-refractivity contribution in [2.45, 2.75) is 18.1 Å². The maximum Gasteiger partial charge on any atom is 0.433 e. The fourth-order valence-corrected chi connectivity index (χ4v) is 3.80. The first-order valence-electron chi connectivity index (χ1n) is 9.51. The van der Waals surface area contributed by atoms with E-state index in [-0.39, 0.29) is 35.8 Å². The summed E-state index contributed by atoms with van der Waals surface area (Å²) in [7, 11) is 0. The highest BCUT2D eigenvalue weighted by Gasteiger charge is 2.42. The van der Waals surface area contributed by atoms with Crippen molar-refractivity contribution in [3.63, 3.8) is 0 Å². The van der Waals surface area contributed by atoms with E-state index in [1.54, 1.807) is 12.1 Å². The molecule has 11 heteroatoms. The van der Waals surface area contributed by atoms with Gasteiger partial charge in [0.25, 0.3) is 0 Å². The summed E-state index contributed by atoms with van der Waals surface area (Å²) in [5.74, 6) is -0.786. The average molecular weight is 444 g/mol. The number of alkyl halides is 3. The number of anilines is 1. The van der Waals surface area contributed by atoms with Crippen molar-refractivity contribution >= 4 is 22.6 Å². The highest BCUT2D eigenvalue weighted by atomic mass is 19.4. The lowest BCUT2D eigenvalue weighted by Gasteiger charge is -2.47. The van der Waals surface area contributed by atoms with E-state index in [0.717, 1.165) is 12.3 Å². The van der Waals surface area contributed by atoms with Crippen molar-refractivity contribution in [3.05, 3.63) is 65.4 Å². The lowest BCUT2D eigenvalue weighted by Crippen LogP contribution is -2.61. The molecule has 1 saturated heterocycles. The molecule has 0 bridgehead atoms. The molecule has 32 heavy (non-hydrogen) atoms. The summed E-state index contributed by atoms with van der Waals surface area (Å²) in [5, 5.41) is 12.6. The number of para-hydroxylation sites is 1. The summed E-state index contributed by atoms with van der Waals surface area (Å²) >= 11 is 0. The fourth-order valence-electron chi connectivity index (χ4n) is 3.80. The zero-order chi connectivity index (χ0) is 23.0. The Morgan fingerprint density at radius 3 is 2.72 bits per heavy atom. The number of nitrogens with zero attached hydrogens (tertiary/aromatic N) is 4. The number of nitrogens with two attached hydrogens (primary N) is 1. The molecule has 3 N–H and O–H groups in total. The number of rotatable bonds is 4. The van der Waals surface area contributed by atoms with Gasteiger partial charge in [-0.2, -0.15) is 18.4 Å². The second kappa shape index (κ2) is 7.96. The number of primary amides is 1. The van der Waals surface area contributed by atoms with Crippen LogP contribution in [0.15, 0.2) is 42.6 Å². The monoisotopic (exact) mass is 444 g/mol. The highest BCUT2D eigenvalue weighted by Crippen LogP contribution is 2.36. The molecule has 1 aromatic carbocycles. The molecule has 2 atom stereocenters. The number of hydrogen-bond acceptors (Lipinski definition) is 5. The van der Waals surface area contributed by atoms with Crippen LogP contribution in [0.3, 0.4) is 0 Å². The third kappa shape index (κ3) is 3.87. The molecule has 1 aliphatic rings. The van der Waals surface area contributed by atoms with Crippen LogP contribution >= 0.6 is 0 Å². The van der Waals surface area contributed by atoms with Crippen LogP contribution in [0.4, 0.5) is 28.0 Å². The molecule has 1 aliphatic heterocycles. The van der Waals surface area contributed by atoms with Crippen LogP contribution in [-0.2, 0) is 6.18 Å². The van der Waals surface area contributed by atoms with E-state index >= 15 is 0 Å². The Morgan fingerprint density at radius 2 is 2.09 bits per heavy atom. The van der Waals surface area contributed by atoms with E-state index in [1.165, 1.54) is 23.1 Å². The molecule has 3 aromatic rings. The third-order valence-electron chi connectivity index (χ3n) is 5.42. The topological polar surface area (TPSA) is 108 Å². The highest BCUT2D eigenvalue weighted by molar-refractivity contribution is 5.94. The quantitative estimate of drug-likeness (QED) is 0.598. The fraction of sp³-hybridized carbons (Fsp3) is 0.238. The van der Waals surface area contributed by atoms with E-state index in [4.69, 9.17) is 5.73 Å². The molecule has 1 fully saturated rings. The number of nitriles is 1. The van der Waals surface area contributed by atoms with Gasteiger partial charge in [0.15, 0.2) is 0 Å². The first-order valence-corrected chi connectivity index (χ1v) is 9.51. The Labute approximate surface area is 179 Å². The van der Waals surface area contributed by atoms with E-state index in [0.29, 0.717) is 11.1 Å². The summed E-state index contributed by atoms with van der Waals surface area (Å²) in [6.45, 7) is 0.309. The van der Waals surface area contributed by atoms with Crippen LogP contribution in [0, 0.1) is 17.1 Å². The Balaban J connectivity index is 1.68. The second-order valence-electron chi connectivity index (χ2n) is 7.31. The van der Waals surface area contributed by atoms with Crippen molar-refractivity contribution in [2.24, 2.45) is 5.73 Å². The van der Waals surface area contributed by atoms with Crippen molar-refractivity contribution in [1.29, 1.82) is 5.26 Å². The van der Waals surface area contributed by atoms with Gasteiger partial charge >= 0.3 is 12.2 Å². The number of aromatic nitrogens is 2. The average Bonchev–Trinajstić information content (AvgIpc) is 2.73. The van der Waals surface area contributed by atoms with Gasteiger partial charge in [-0.1, -0.05) is 12.1 Å². The number of urea groups is 1. The van der Waals surface area contributed by atoms with Crippen LogP contribution in [0.1, 0.15) is 22.9 Å². The molecule has 4 rings (SSSR count). The molecular weight excluding hydrogens is 428 g/mol. The summed E-state index contributed by atoms with van der Waals surface area (Å²) in [6.07, 6.45) is -3.66. The van der Waals surface area contributed by atoms with Crippen LogP contribution in [0.2, 0.25) is 0 Å². The molecular formula is C21H16F4N6O. The standard InChI is InChI=1S/C21H16F4N6O/c22-12-4-5-15(28-8-12)14-10-31(20(27)32)17(14)9-29-16-6-18(21(23,24)25)30-19-11(7-26)2-1-3-13(16)19/h1-6,8,14,17H,9-10H2,(H2,27,32)(H,29,30). The Hall–Kier alpha value is -3.94.